The van der Waals surface area contributed by atoms with E-state index in [-0.39, 0.29) is 0 Å². The Morgan fingerprint density at radius 2 is 2.22 bits per heavy atom. The zero-order chi connectivity index (χ0) is 12.4. The summed E-state index contributed by atoms with van der Waals surface area (Å²) in [6, 6.07) is 7.26. The minimum Gasteiger partial charge on any atom is -0.177 e. The smallest absolute Gasteiger partial charge is 0.177 e. The number of hydrogen-bond acceptors (Lipinski definition) is 6. The number of H-pyrrole nitrogens is 1. The molecule has 3 aromatic rings. The first-order valence-corrected chi connectivity index (χ1v) is 5.45. The van der Waals surface area contributed by atoms with Crippen molar-refractivity contribution in [2.24, 2.45) is 0 Å². The SMILES string of the molecule is Clc1cccc(-c2nnn(Cc3nn[nH]n3)n2)c1. The normalized spacial score (nSPS) is 10.7. The number of aromatic amines is 1. The third kappa shape index (κ3) is 2.18. The summed E-state index contributed by atoms with van der Waals surface area (Å²) in [7, 11) is 0. The number of nitrogens with zero attached hydrogens (tertiary/aromatic N) is 7. The van der Waals surface area contributed by atoms with Crippen LogP contribution < -0.4 is 0 Å². The predicted octanol–water partition coefficient (Wildman–Crippen LogP) is 0.555. The van der Waals surface area contributed by atoms with Crippen molar-refractivity contribution in [1.82, 2.24) is 40.8 Å². The molecule has 0 atom stereocenters. The minimum atomic E-state index is 0.310. The largest absolute Gasteiger partial charge is 0.204 e. The molecule has 8 nitrogen and oxygen atoms in total. The Bertz CT molecular complexity index is 646. The highest BCUT2D eigenvalue weighted by Crippen LogP contribution is 2.18. The lowest BCUT2D eigenvalue weighted by Gasteiger charge is -1.94. The Labute approximate surface area is 106 Å². The quantitative estimate of drug-likeness (QED) is 0.740. The van der Waals surface area contributed by atoms with E-state index in [1.54, 1.807) is 12.1 Å². The summed E-state index contributed by atoms with van der Waals surface area (Å²) in [5, 5.41) is 26.1. The fraction of sp³-hybridized carbons (Fsp3) is 0.111. The van der Waals surface area contributed by atoms with Crippen LogP contribution in [0, 0.1) is 0 Å². The van der Waals surface area contributed by atoms with Crippen LogP contribution in [0.15, 0.2) is 24.3 Å². The van der Waals surface area contributed by atoms with Gasteiger partial charge < -0.3 is 0 Å². The lowest BCUT2D eigenvalue weighted by molar-refractivity contribution is 0.555. The van der Waals surface area contributed by atoms with Crippen molar-refractivity contribution in [3.63, 3.8) is 0 Å². The number of halogens is 1. The molecule has 0 aliphatic heterocycles. The molecule has 1 N–H and O–H groups in total. The molecule has 1 aromatic carbocycles. The standard InChI is InChI=1S/C9H7ClN8/c10-7-3-1-2-6(4-7)9-13-17-18(14-9)5-8-11-15-16-12-8/h1-4H,5H2,(H,11,12,15,16). The molecule has 3 rings (SSSR count). The van der Waals surface area contributed by atoms with Crippen LogP contribution in [0.4, 0.5) is 0 Å². The molecule has 0 radical (unpaired) electrons. The Hall–Kier alpha value is -2.35. The van der Waals surface area contributed by atoms with Crippen molar-refractivity contribution in [2.45, 2.75) is 6.54 Å². The number of benzene rings is 1. The van der Waals surface area contributed by atoms with Crippen LogP contribution in [-0.2, 0) is 6.54 Å². The van der Waals surface area contributed by atoms with Crippen LogP contribution in [0.1, 0.15) is 5.82 Å². The van der Waals surface area contributed by atoms with E-state index in [4.69, 9.17) is 11.6 Å². The highest BCUT2D eigenvalue weighted by atomic mass is 35.5. The Balaban J connectivity index is 1.85. The summed E-state index contributed by atoms with van der Waals surface area (Å²) in [5.41, 5.74) is 0.807. The maximum absolute atomic E-state index is 5.90. The lowest BCUT2D eigenvalue weighted by Crippen LogP contribution is -2.05. The molecule has 18 heavy (non-hydrogen) atoms. The molecular weight excluding hydrogens is 256 g/mol. The second-order valence-electron chi connectivity index (χ2n) is 3.48. The zero-order valence-corrected chi connectivity index (χ0v) is 9.78. The summed E-state index contributed by atoms with van der Waals surface area (Å²) in [5.74, 6) is 0.992. The molecule has 2 heterocycles. The summed E-state index contributed by atoms with van der Waals surface area (Å²) in [6.07, 6.45) is 0. The van der Waals surface area contributed by atoms with Gasteiger partial charge in [0.2, 0.25) is 5.82 Å². The number of nitrogens with one attached hydrogen (secondary N) is 1. The van der Waals surface area contributed by atoms with Gasteiger partial charge in [-0.1, -0.05) is 28.9 Å². The second kappa shape index (κ2) is 4.49. The molecule has 9 heteroatoms. The third-order valence-corrected chi connectivity index (χ3v) is 2.44. The molecule has 0 unspecified atom stereocenters. The van der Waals surface area contributed by atoms with Gasteiger partial charge in [-0.3, -0.25) is 0 Å². The van der Waals surface area contributed by atoms with Gasteiger partial charge in [0.15, 0.2) is 5.82 Å². The number of hydrogen-bond donors (Lipinski definition) is 1. The first-order valence-electron chi connectivity index (χ1n) is 5.07. The maximum atomic E-state index is 5.90. The van der Waals surface area contributed by atoms with Gasteiger partial charge in [0, 0.05) is 10.6 Å². The first kappa shape index (κ1) is 10.8. The van der Waals surface area contributed by atoms with E-state index in [1.807, 2.05) is 12.1 Å². The summed E-state index contributed by atoms with van der Waals surface area (Å²) in [4.78, 5) is 1.39. The molecule has 0 saturated carbocycles. The monoisotopic (exact) mass is 262 g/mol. The van der Waals surface area contributed by atoms with E-state index < -0.39 is 0 Å². The Kier molecular flexibility index (Phi) is 2.69. The van der Waals surface area contributed by atoms with Crippen molar-refractivity contribution in [3.05, 3.63) is 35.1 Å². The molecule has 0 saturated heterocycles. The summed E-state index contributed by atoms with van der Waals surface area (Å²) >= 11 is 5.90. The Morgan fingerprint density at radius 1 is 1.28 bits per heavy atom. The molecule has 0 aliphatic rings. The van der Waals surface area contributed by atoms with Crippen molar-refractivity contribution in [3.8, 4) is 11.4 Å². The Morgan fingerprint density at radius 3 is 3.00 bits per heavy atom. The van der Waals surface area contributed by atoms with Gasteiger partial charge in [-0.15, -0.1) is 20.4 Å². The van der Waals surface area contributed by atoms with Gasteiger partial charge in [0.1, 0.15) is 6.54 Å². The summed E-state index contributed by atoms with van der Waals surface area (Å²) < 4.78 is 0. The van der Waals surface area contributed by atoms with Gasteiger partial charge in [-0.25, -0.2) is 0 Å². The fourth-order valence-corrected chi connectivity index (χ4v) is 1.62. The van der Waals surface area contributed by atoms with E-state index in [9.17, 15) is 0 Å². The highest BCUT2D eigenvalue weighted by Gasteiger charge is 2.08. The van der Waals surface area contributed by atoms with E-state index in [1.165, 1.54) is 4.80 Å². The highest BCUT2D eigenvalue weighted by molar-refractivity contribution is 6.30. The third-order valence-electron chi connectivity index (χ3n) is 2.21. The van der Waals surface area contributed by atoms with Crippen LogP contribution >= 0.6 is 11.6 Å². The maximum Gasteiger partial charge on any atom is 0.204 e. The second-order valence-corrected chi connectivity index (χ2v) is 3.92. The minimum absolute atomic E-state index is 0.310. The van der Waals surface area contributed by atoms with Gasteiger partial charge in [-0.2, -0.15) is 10.0 Å². The van der Waals surface area contributed by atoms with E-state index in [0.29, 0.717) is 23.2 Å². The molecule has 90 valence electrons. The molecule has 0 spiro atoms. The number of aromatic nitrogens is 8. The molecule has 0 aliphatic carbocycles. The van der Waals surface area contributed by atoms with Crippen LogP contribution in [0.2, 0.25) is 5.02 Å². The van der Waals surface area contributed by atoms with Gasteiger partial charge in [-0.05, 0) is 17.3 Å². The van der Waals surface area contributed by atoms with Crippen LogP contribution in [-0.4, -0.2) is 40.8 Å². The van der Waals surface area contributed by atoms with Crippen molar-refractivity contribution < 1.29 is 0 Å². The molecule has 0 amide bonds. The topological polar surface area (TPSA) is 98.1 Å². The van der Waals surface area contributed by atoms with Crippen molar-refractivity contribution in [2.75, 3.05) is 0 Å². The molecule has 2 aromatic heterocycles. The fourth-order valence-electron chi connectivity index (χ4n) is 1.43. The average molecular weight is 263 g/mol. The van der Waals surface area contributed by atoms with E-state index in [0.717, 1.165) is 5.56 Å². The van der Waals surface area contributed by atoms with Crippen LogP contribution in [0.25, 0.3) is 11.4 Å². The summed E-state index contributed by atoms with van der Waals surface area (Å²) in [6.45, 7) is 0.310. The first-order chi connectivity index (χ1) is 8.81. The van der Waals surface area contributed by atoms with Crippen molar-refractivity contribution in [1.29, 1.82) is 0 Å². The number of rotatable bonds is 3. The predicted molar refractivity (Wildman–Crippen MR) is 61.5 cm³/mol. The number of tetrazole rings is 2. The van der Waals surface area contributed by atoms with Crippen LogP contribution in [0.5, 0.6) is 0 Å². The van der Waals surface area contributed by atoms with Gasteiger partial charge in [0.05, 0.1) is 0 Å². The molecular formula is C9H7ClN8. The van der Waals surface area contributed by atoms with E-state index in [2.05, 4.69) is 36.0 Å². The van der Waals surface area contributed by atoms with Crippen molar-refractivity contribution >= 4 is 11.6 Å². The van der Waals surface area contributed by atoms with Gasteiger partial charge in [0.25, 0.3) is 0 Å². The molecule has 0 fully saturated rings. The average Bonchev–Trinajstić information content (AvgIpc) is 3.01. The van der Waals surface area contributed by atoms with Gasteiger partial charge >= 0.3 is 0 Å². The lowest BCUT2D eigenvalue weighted by atomic mass is 10.2. The van der Waals surface area contributed by atoms with E-state index >= 15 is 0 Å². The molecule has 0 bridgehead atoms. The van der Waals surface area contributed by atoms with Crippen LogP contribution in [0.3, 0.4) is 0 Å². The zero-order valence-electron chi connectivity index (χ0n) is 9.02.